The molecule has 1 aromatic rings. The SMILES string of the molecule is CCNCc1cc(C)nc(CC2CN(C)CCN2C)n1. The van der Waals surface area contributed by atoms with E-state index in [4.69, 9.17) is 4.98 Å². The standard InChI is InChI=1S/C15H27N5/c1-5-16-10-13-8-12(2)17-15(18-13)9-14-11-19(3)6-7-20(14)4/h8,14,16H,5-7,9-11H2,1-4H3. The maximum atomic E-state index is 4.71. The predicted molar refractivity (Wildman–Crippen MR) is 81.8 cm³/mol. The van der Waals surface area contributed by atoms with Crippen molar-refractivity contribution in [2.75, 3.05) is 40.3 Å². The molecule has 5 heteroatoms. The van der Waals surface area contributed by atoms with Crippen molar-refractivity contribution in [2.45, 2.75) is 32.9 Å². The third-order valence-electron chi connectivity index (χ3n) is 3.91. The minimum Gasteiger partial charge on any atom is -0.311 e. The lowest BCUT2D eigenvalue weighted by atomic mass is 10.1. The molecule has 1 aromatic heterocycles. The van der Waals surface area contributed by atoms with Crippen molar-refractivity contribution in [3.8, 4) is 0 Å². The van der Waals surface area contributed by atoms with Crippen LogP contribution in [0.15, 0.2) is 6.07 Å². The highest BCUT2D eigenvalue weighted by molar-refractivity contribution is 5.11. The second kappa shape index (κ2) is 7.11. The molecule has 1 fully saturated rings. The zero-order chi connectivity index (χ0) is 14.5. The van der Waals surface area contributed by atoms with E-state index in [9.17, 15) is 0 Å². The van der Waals surface area contributed by atoms with Crippen molar-refractivity contribution >= 4 is 0 Å². The zero-order valence-electron chi connectivity index (χ0n) is 13.2. The van der Waals surface area contributed by atoms with Crippen LogP contribution in [0.5, 0.6) is 0 Å². The van der Waals surface area contributed by atoms with Crippen LogP contribution in [0.25, 0.3) is 0 Å². The Hall–Kier alpha value is -1.04. The molecule has 112 valence electrons. The molecule has 0 aromatic carbocycles. The van der Waals surface area contributed by atoms with Gasteiger partial charge in [-0.25, -0.2) is 9.97 Å². The van der Waals surface area contributed by atoms with Gasteiger partial charge in [-0.1, -0.05) is 6.92 Å². The molecule has 2 heterocycles. The summed E-state index contributed by atoms with van der Waals surface area (Å²) >= 11 is 0. The normalized spacial score (nSPS) is 21.3. The zero-order valence-corrected chi connectivity index (χ0v) is 13.2. The van der Waals surface area contributed by atoms with E-state index in [2.05, 4.69) is 54.1 Å². The first-order valence-corrected chi connectivity index (χ1v) is 7.51. The van der Waals surface area contributed by atoms with Crippen molar-refractivity contribution in [2.24, 2.45) is 0 Å². The Balaban J connectivity index is 2.05. The van der Waals surface area contributed by atoms with Crippen LogP contribution in [0, 0.1) is 6.92 Å². The van der Waals surface area contributed by atoms with E-state index in [0.29, 0.717) is 6.04 Å². The molecule has 0 spiro atoms. The van der Waals surface area contributed by atoms with Crippen molar-refractivity contribution in [1.82, 2.24) is 25.1 Å². The number of nitrogens with zero attached hydrogens (tertiary/aromatic N) is 4. The molecule has 1 saturated heterocycles. The van der Waals surface area contributed by atoms with Crippen LogP contribution in [0.4, 0.5) is 0 Å². The fourth-order valence-electron chi connectivity index (χ4n) is 2.67. The van der Waals surface area contributed by atoms with Crippen LogP contribution in [0.1, 0.15) is 24.1 Å². The number of likely N-dealkylation sites (N-methyl/N-ethyl adjacent to an activating group) is 2. The quantitative estimate of drug-likeness (QED) is 0.857. The number of hydrogen-bond acceptors (Lipinski definition) is 5. The number of aromatic nitrogens is 2. The first kappa shape index (κ1) is 15.4. The summed E-state index contributed by atoms with van der Waals surface area (Å²) in [7, 11) is 4.39. The summed E-state index contributed by atoms with van der Waals surface area (Å²) in [4.78, 5) is 14.1. The monoisotopic (exact) mass is 277 g/mol. The van der Waals surface area contributed by atoms with Gasteiger partial charge in [0.2, 0.25) is 0 Å². The lowest BCUT2D eigenvalue weighted by Gasteiger charge is -2.37. The molecule has 0 saturated carbocycles. The second-order valence-corrected chi connectivity index (χ2v) is 5.80. The summed E-state index contributed by atoms with van der Waals surface area (Å²) in [5.74, 6) is 0.977. The van der Waals surface area contributed by atoms with Crippen molar-refractivity contribution in [3.63, 3.8) is 0 Å². The highest BCUT2D eigenvalue weighted by Crippen LogP contribution is 2.11. The van der Waals surface area contributed by atoms with E-state index in [1.54, 1.807) is 0 Å². The third kappa shape index (κ3) is 4.23. The smallest absolute Gasteiger partial charge is 0.130 e. The topological polar surface area (TPSA) is 44.3 Å². The molecular formula is C15H27N5. The molecule has 1 aliphatic heterocycles. The van der Waals surface area contributed by atoms with E-state index >= 15 is 0 Å². The summed E-state index contributed by atoms with van der Waals surface area (Å²) in [5, 5.41) is 3.33. The molecule has 2 rings (SSSR count). The van der Waals surface area contributed by atoms with Crippen LogP contribution in [0.3, 0.4) is 0 Å². The number of piperazine rings is 1. The second-order valence-electron chi connectivity index (χ2n) is 5.80. The highest BCUT2D eigenvalue weighted by Gasteiger charge is 2.23. The van der Waals surface area contributed by atoms with Gasteiger partial charge in [0.15, 0.2) is 0 Å². The van der Waals surface area contributed by atoms with E-state index in [1.165, 1.54) is 0 Å². The summed E-state index contributed by atoms with van der Waals surface area (Å²) in [6.07, 6.45) is 0.932. The van der Waals surface area contributed by atoms with Crippen molar-refractivity contribution in [3.05, 3.63) is 23.3 Å². The molecule has 1 N–H and O–H groups in total. The molecule has 1 aliphatic rings. The van der Waals surface area contributed by atoms with Gasteiger partial charge in [-0.05, 0) is 33.6 Å². The molecule has 1 atom stereocenters. The van der Waals surface area contributed by atoms with Gasteiger partial charge in [-0.2, -0.15) is 0 Å². The predicted octanol–water partition coefficient (Wildman–Crippen LogP) is 0.683. The van der Waals surface area contributed by atoms with E-state index in [0.717, 1.165) is 56.4 Å². The average Bonchev–Trinajstić information content (AvgIpc) is 2.40. The molecule has 1 unspecified atom stereocenters. The highest BCUT2D eigenvalue weighted by atomic mass is 15.3. The number of rotatable bonds is 5. The fraction of sp³-hybridized carbons (Fsp3) is 0.733. The molecule has 20 heavy (non-hydrogen) atoms. The van der Waals surface area contributed by atoms with Crippen molar-refractivity contribution in [1.29, 1.82) is 0 Å². The first-order chi connectivity index (χ1) is 9.58. The summed E-state index contributed by atoms with van der Waals surface area (Å²) in [6, 6.07) is 2.59. The van der Waals surface area contributed by atoms with Gasteiger partial charge in [0, 0.05) is 44.3 Å². The Labute approximate surface area is 122 Å². The number of hydrogen-bond donors (Lipinski definition) is 1. The summed E-state index contributed by atoms with van der Waals surface area (Å²) < 4.78 is 0. The fourth-order valence-corrected chi connectivity index (χ4v) is 2.67. The lowest BCUT2D eigenvalue weighted by molar-refractivity contribution is 0.113. The van der Waals surface area contributed by atoms with Gasteiger partial charge in [0.05, 0.1) is 5.69 Å². The number of aryl methyl sites for hydroxylation is 1. The largest absolute Gasteiger partial charge is 0.311 e. The first-order valence-electron chi connectivity index (χ1n) is 7.51. The van der Waals surface area contributed by atoms with Gasteiger partial charge in [-0.3, -0.25) is 0 Å². The van der Waals surface area contributed by atoms with Gasteiger partial charge < -0.3 is 15.1 Å². The molecular weight excluding hydrogens is 250 g/mol. The van der Waals surface area contributed by atoms with Gasteiger partial charge in [-0.15, -0.1) is 0 Å². The van der Waals surface area contributed by atoms with Crippen LogP contribution < -0.4 is 5.32 Å². The Kier molecular flexibility index (Phi) is 5.46. The minimum atomic E-state index is 0.516. The lowest BCUT2D eigenvalue weighted by Crippen LogP contribution is -2.51. The van der Waals surface area contributed by atoms with Crippen LogP contribution in [-0.2, 0) is 13.0 Å². The van der Waals surface area contributed by atoms with Gasteiger partial charge >= 0.3 is 0 Å². The van der Waals surface area contributed by atoms with Gasteiger partial charge in [0.1, 0.15) is 5.82 Å². The van der Waals surface area contributed by atoms with Crippen LogP contribution >= 0.6 is 0 Å². The van der Waals surface area contributed by atoms with Crippen LogP contribution in [0.2, 0.25) is 0 Å². The maximum Gasteiger partial charge on any atom is 0.130 e. The van der Waals surface area contributed by atoms with Crippen molar-refractivity contribution < 1.29 is 0 Å². The molecule has 0 amide bonds. The minimum absolute atomic E-state index is 0.516. The molecule has 0 bridgehead atoms. The Morgan fingerprint density at radius 2 is 2.10 bits per heavy atom. The third-order valence-corrected chi connectivity index (χ3v) is 3.91. The molecule has 0 aliphatic carbocycles. The van der Waals surface area contributed by atoms with E-state index < -0.39 is 0 Å². The average molecular weight is 277 g/mol. The molecule has 5 nitrogen and oxygen atoms in total. The number of nitrogens with one attached hydrogen (secondary N) is 1. The van der Waals surface area contributed by atoms with E-state index in [1.807, 2.05) is 0 Å². The Bertz CT molecular complexity index is 434. The summed E-state index contributed by atoms with van der Waals surface area (Å²) in [6.45, 7) is 9.32. The Morgan fingerprint density at radius 3 is 2.85 bits per heavy atom. The summed E-state index contributed by atoms with van der Waals surface area (Å²) in [5.41, 5.74) is 2.16. The van der Waals surface area contributed by atoms with E-state index in [-0.39, 0.29) is 0 Å². The molecule has 0 radical (unpaired) electrons. The Morgan fingerprint density at radius 1 is 1.30 bits per heavy atom. The van der Waals surface area contributed by atoms with Crippen LogP contribution in [-0.4, -0.2) is 66.1 Å². The van der Waals surface area contributed by atoms with Gasteiger partial charge in [0.25, 0.3) is 0 Å². The maximum absolute atomic E-state index is 4.71.